The van der Waals surface area contributed by atoms with E-state index in [-0.39, 0.29) is 0 Å². The van der Waals surface area contributed by atoms with Crippen molar-refractivity contribution < 1.29 is 18.9 Å². The van der Waals surface area contributed by atoms with E-state index in [0.29, 0.717) is 23.0 Å². The van der Waals surface area contributed by atoms with Crippen LogP contribution in [0.3, 0.4) is 0 Å². The molecule has 0 bridgehead atoms. The number of hydrogen-bond acceptors (Lipinski definition) is 5. The van der Waals surface area contributed by atoms with Crippen LogP contribution < -0.4 is 18.9 Å². The van der Waals surface area contributed by atoms with Gasteiger partial charge in [-0.25, -0.2) is 4.68 Å². The van der Waals surface area contributed by atoms with E-state index in [1.165, 1.54) is 5.56 Å². The number of aromatic nitrogens is 2. The van der Waals surface area contributed by atoms with Crippen molar-refractivity contribution in [2.24, 2.45) is 0 Å². The number of hydrogen-bond donors (Lipinski definition) is 0. The van der Waals surface area contributed by atoms with E-state index in [4.69, 9.17) is 24.0 Å². The average Bonchev–Trinajstić information content (AvgIpc) is 3.33. The second kappa shape index (κ2) is 9.69. The summed E-state index contributed by atoms with van der Waals surface area (Å²) in [5.74, 6) is 2.68. The molecule has 0 amide bonds. The Hall–Kier alpha value is -3.93. The molecule has 4 rings (SSSR count). The first-order valence-electron chi connectivity index (χ1n) is 10.8. The van der Waals surface area contributed by atoms with E-state index in [2.05, 4.69) is 31.2 Å². The number of benzene rings is 3. The number of aryl methyl sites for hydroxylation is 1. The van der Waals surface area contributed by atoms with Gasteiger partial charge in [0, 0.05) is 11.1 Å². The van der Waals surface area contributed by atoms with Gasteiger partial charge < -0.3 is 18.9 Å². The van der Waals surface area contributed by atoms with Crippen LogP contribution in [0.2, 0.25) is 0 Å². The van der Waals surface area contributed by atoms with Gasteiger partial charge >= 0.3 is 0 Å². The van der Waals surface area contributed by atoms with Gasteiger partial charge in [0.25, 0.3) is 0 Å². The molecule has 0 aliphatic carbocycles. The second-order valence-electron chi connectivity index (χ2n) is 7.45. The Morgan fingerprint density at radius 1 is 0.667 bits per heavy atom. The zero-order valence-corrected chi connectivity index (χ0v) is 19.6. The number of para-hydroxylation sites is 1. The van der Waals surface area contributed by atoms with Crippen LogP contribution in [0, 0.1) is 0 Å². The lowest BCUT2D eigenvalue weighted by molar-refractivity contribution is 0.355. The highest BCUT2D eigenvalue weighted by atomic mass is 16.5. The molecule has 0 spiro atoms. The summed E-state index contributed by atoms with van der Waals surface area (Å²) in [5.41, 5.74) is 5.92. The highest BCUT2D eigenvalue weighted by molar-refractivity contribution is 5.74. The minimum atomic E-state index is 0.658. The van der Waals surface area contributed by atoms with E-state index >= 15 is 0 Å². The van der Waals surface area contributed by atoms with Gasteiger partial charge in [0.2, 0.25) is 0 Å². The predicted octanol–water partition coefficient (Wildman–Crippen LogP) is 5.80. The Morgan fingerprint density at radius 2 is 1.24 bits per heavy atom. The lowest BCUT2D eigenvalue weighted by Crippen LogP contribution is -2.03. The third-order valence-corrected chi connectivity index (χ3v) is 5.67. The minimum Gasteiger partial charge on any atom is -0.493 e. The summed E-state index contributed by atoms with van der Waals surface area (Å²) in [6, 6.07) is 22.1. The maximum atomic E-state index is 5.55. The van der Waals surface area contributed by atoms with Crippen LogP contribution in [0.15, 0.2) is 66.7 Å². The fourth-order valence-electron chi connectivity index (χ4n) is 3.92. The summed E-state index contributed by atoms with van der Waals surface area (Å²) in [6.07, 6.45) is 0.896. The van der Waals surface area contributed by atoms with Crippen molar-refractivity contribution in [3.63, 3.8) is 0 Å². The van der Waals surface area contributed by atoms with Crippen LogP contribution in [0.5, 0.6) is 23.0 Å². The molecule has 0 saturated heterocycles. The van der Waals surface area contributed by atoms with Crippen molar-refractivity contribution in [2.75, 3.05) is 28.4 Å². The summed E-state index contributed by atoms with van der Waals surface area (Å²) < 4.78 is 23.9. The molecule has 0 unspecified atom stereocenters. The molecule has 3 aromatic carbocycles. The molecule has 0 fully saturated rings. The van der Waals surface area contributed by atoms with Crippen molar-refractivity contribution >= 4 is 0 Å². The molecule has 0 saturated carbocycles. The van der Waals surface area contributed by atoms with Crippen LogP contribution in [-0.2, 0) is 6.42 Å². The molecule has 0 radical (unpaired) electrons. The Bertz CT molecular complexity index is 1260. The molecule has 6 heteroatoms. The van der Waals surface area contributed by atoms with Gasteiger partial charge in [-0.05, 0) is 60.5 Å². The standard InChI is InChI=1S/C27H28N2O4/c1-6-18-9-7-8-10-22(18)29-23(20-12-14-25(31-3)27(16-20)33-5)17-21(28-29)19-11-13-24(30-2)26(15-19)32-4/h7-17H,6H2,1-5H3. The van der Waals surface area contributed by atoms with Gasteiger partial charge in [-0.1, -0.05) is 25.1 Å². The third kappa shape index (κ3) is 4.24. The predicted molar refractivity (Wildman–Crippen MR) is 130 cm³/mol. The number of rotatable bonds is 8. The van der Waals surface area contributed by atoms with E-state index in [9.17, 15) is 0 Å². The molecule has 33 heavy (non-hydrogen) atoms. The smallest absolute Gasteiger partial charge is 0.161 e. The quantitative estimate of drug-likeness (QED) is 0.344. The molecule has 1 aromatic heterocycles. The van der Waals surface area contributed by atoms with Crippen LogP contribution in [0.4, 0.5) is 0 Å². The highest BCUT2D eigenvalue weighted by Gasteiger charge is 2.18. The van der Waals surface area contributed by atoms with Crippen molar-refractivity contribution in [1.82, 2.24) is 9.78 Å². The largest absolute Gasteiger partial charge is 0.493 e. The summed E-state index contributed by atoms with van der Waals surface area (Å²) in [7, 11) is 6.53. The number of ether oxygens (including phenoxy) is 4. The highest BCUT2D eigenvalue weighted by Crippen LogP contribution is 2.37. The average molecular weight is 445 g/mol. The van der Waals surface area contributed by atoms with Crippen molar-refractivity contribution in [3.05, 3.63) is 72.3 Å². The van der Waals surface area contributed by atoms with Crippen LogP contribution in [-0.4, -0.2) is 38.2 Å². The molecule has 1 heterocycles. The fourth-order valence-corrected chi connectivity index (χ4v) is 3.92. The van der Waals surface area contributed by atoms with Crippen molar-refractivity contribution in [1.29, 1.82) is 0 Å². The lowest BCUT2D eigenvalue weighted by Gasteiger charge is -2.13. The SMILES string of the molecule is CCc1ccccc1-n1nc(-c2ccc(OC)c(OC)c2)cc1-c1ccc(OC)c(OC)c1. The van der Waals surface area contributed by atoms with Gasteiger partial charge in [0.15, 0.2) is 23.0 Å². The molecular weight excluding hydrogens is 416 g/mol. The fraction of sp³-hybridized carbons (Fsp3) is 0.222. The van der Waals surface area contributed by atoms with Crippen molar-refractivity contribution in [2.45, 2.75) is 13.3 Å². The van der Waals surface area contributed by atoms with E-state index in [1.54, 1.807) is 28.4 Å². The Balaban J connectivity index is 1.93. The van der Waals surface area contributed by atoms with Crippen LogP contribution in [0.25, 0.3) is 28.2 Å². The zero-order valence-electron chi connectivity index (χ0n) is 19.6. The van der Waals surface area contributed by atoms with E-state index < -0.39 is 0 Å². The topological polar surface area (TPSA) is 54.7 Å². The number of methoxy groups -OCH3 is 4. The van der Waals surface area contributed by atoms with Crippen LogP contribution >= 0.6 is 0 Å². The first-order valence-corrected chi connectivity index (χ1v) is 10.8. The number of nitrogens with zero attached hydrogens (tertiary/aromatic N) is 2. The monoisotopic (exact) mass is 444 g/mol. The first kappa shape index (κ1) is 22.3. The molecule has 170 valence electrons. The van der Waals surface area contributed by atoms with Gasteiger partial charge in [0.1, 0.15) is 0 Å². The van der Waals surface area contributed by atoms with Crippen molar-refractivity contribution in [3.8, 4) is 51.2 Å². The zero-order chi connectivity index (χ0) is 23.4. The summed E-state index contributed by atoms with van der Waals surface area (Å²) in [5, 5.41) is 5.01. The van der Waals surface area contributed by atoms with Gasteiger partial charge in [0.05, 0.1) is 45.5 Å². The third-order valence-electron chi connectivity index (χ3n) is 5.67. The summed E-state index contributed by atoms with van der Waals surface area (Å²) in [4.78, 5) is 0. The van der Waals surface area contributed by atoms with Gasteiger partial charge in [-0.15, -0.1) is 0 Å². The summed E-state index contributed by atoms with van der Waals surface area (Å²) in [6.45, 7) is 2.15. The maximum absolute atomic E-state index is 5.55. The normalized spacial score (nSPS) is 10.7. The Labute approximate surface area is 194 Å². The molecule has 0 aliphatic rings. The molecular formula is C27H28N2O4. The lowest BCUT2D eigenvalue weighted by atomic mass is 10.1. The molecule has 6 nitrogen and oxygen atoms in total. The molecule has 0 atom stereocenters. The summed E-state index contributed by atoms with van der Waals surface area (Å²) >= 11 is 0. The van der Waals surface area contributed by atoms with Crippen LogP contribution in [0.1, 0.15) is 12.5 Å². The Morgan fingerprint density at radius 3 is 1.85 bits per heavy atom. The first-order chi connectivity index (χ1) is 16.1. The Kier molecular flexibility index (Phi) is 6.54. The molecule has 4 aromatic rings. The van der Waals surface area contributed by atoms with E-state index in [1.807, 2.05) is 47.1 Å². The van der Waals surface area contributed by atoms with E-state index in [0.717, 1.165) is 34.6 Å². The molecule has 0 aliphatic heterocycles. The van der Waals surface area contributed by atoms with Gasteiger partial charge in [-0.3, -0.25) is 0 Å². The van der Waals surface area contributed by atoms with Gasteiger partial charge in [-0.2, -0.15) is 5.10 Å². The second-order valence-corrected chi connectivity index (χ2v) is 7.45. The molecule has 0 N–H and O–H groups in total. The minimum absolute atomic E-state index is 0.658. The maximum Gasteiger partial charge on any atom is 0.161 e.